The Hall–Kier alpha value is -3.08. The lowest BCUT2D eigenvalue weighted by molar-refractivity contribution is -0.120. The van der Waals surface area contributed by atoms with Crippen molar-refractivity contribution < 1.29 is 14.1 Å². The minimum absolute atomic E-state index is 0.0720. The molecule has 0 saturated heterocycles. The standard InChI is InChI=1S/C21H22N2O3/c1-15-19(16(2)26-23-15)12-21(24)22-13-18-10-6-7-11-20(18)25-14-17-8-4-3-5-9-17/h3-11H,12-14H2,1-2H3,(H,22,24). The number of amides is 1. The van der Waals surface area contributed by atoms with Crippen LogP contribution in [0, 0.1) is 13.8 Å². The summed E-state index contributed by atoms with van der Waals surface area (Å²) in [5, 5.41) is 6.82. The highest BCUT2D eigenvalue weighted by Gasteiger charge is 2.13. The average molecular weight is 350 g/mol. The summed E-state index contributed by atoms with van der Waals surface area (Å²) < 4.78 is 11.0. The summed E-state index contributed by atoms with van der Waals surface area (Å²) in [7, 11) is 0. The van der Waals surface area contributed by atoms with Gasteiger partial charge in [0.2, 0.25) is 5.91 Å². The van der Waals surface area contributed by atoms with E-state index in [0.29, 0.717) is 18.9 Å². The van der Waals surface area contributed by atoms with Crippen molar-refractivity contribution in [2.24, 2.45) is 0 Å². The van der Waals surface area contributed by atoms with Gasteiger partial charge in [0.15, 0.2) is 0 Å². The van der Waals surface area contributed by atoms with Gasteiger partial charge in [0, 0.05) is 17.7 Å². The third-order valence-corrected chi connectivity index (χ3v) is 4.20. The summed E-state index contributed by atoms with van der Waals surface area (Å²) in [5.74, 6) is 1.38. The molecule has 26 heavy (non-hydrogen) atoms. The van der Waals surface area contributed by atoms with Crippen molar-refractivity contribution in [3.05, 3.63) is 82.7 Å². The molecule has 0 aliphatic heterocycles. The lowest BCUT2D eigenvalue weighted by atomic mass is 10.1. The molecule has 1 heterocycles. The Kier molecular flexibility index (Phi) is 5.69. The molecule has 5 heteroatoms. The highest BCUT2D eigenvalue weighted by Crippen LogP contribution is 2.19. The molecule has 134 valence electrons. The Morgan fingerprint density at radius 2 is 1.81 bits per heavy atom. The Bertz CT molecular complexity index is 852. The zero-order valence-corrected chi connectivity index (χ0v) is 15.0. The van der Waals surface area contributed by atoms with Crippen LogP contribution < -0.4 is 10.1 Å². The predicted octanol–water partition coefficient (Wildman–Crippen LogP) is 3.73. The van der Waals surface area contributed by atoms with Crippen molar-refractivity contribution in [3.8, 4) is 5.75 Å². The third kappa shape index (κ3) is 4.51. The number of nitrogens with zero attached hydrogens (tertiary/aromatic N) is 1. The summed E-state index contributed by atoms with van der Waals surface area (Å²) in [6.07, 6.45) is 0.258. The second-order valence-electron chi connectivity index (χ2n) is 6.14. The van der Waals surface area contributed by atoms with Crippen molar-refractivity contribution >= 4 is 5.91 Å². The molecule has 0 unspecified atom stereocenters. The monoisotopic (exact) mass is 350 g/mol. The number of carbonyl (C=O) groups is 1. The topological polar surface area (TPSA) is 64.4 Å². The molecular weight excluding hydrogens is 328 g/mol. The first kappa shape index (κ1) is 17.7. The first-order chi connectivity index (χ1) is 12.6. The van der Waals surface area contributed by atoms with E-state index >= 15 is 0 Å². The van der Waals surface area contributed by atoms with Crippen molar-refractivity contribution in [3.63, 3.8) is 0 Å². The Morgan fingerprint density at radius 1 is 1.08 bits per heavy atom. The molecule has 0 atom stereocenters. The van der Waals surface area contributed by atoms with Crippen molar-refractivity contribution in [2.45, 2.75) is 33.4 Å². The van der Waals surface area contributed by atoms with E-state index < -0.39 is 0 Å². The number of carbonyl (C=O) groups excluding carboxylic acids is 1. The van der Waals surface area contributed by atoms with E-state index in [0.717, 1.165) is 28.1 Å². The van der Waals surface area contributed by atoms with Crippen LogP contribution in [0.5, 0.6) is 5.75 Å². The molecule has 3 aromatic rings. The van der Waals surface area contributed by atoms with E-state index in [4.69, 9.17) is 9.26 Å². The van der Waals surface area contributed by atoms with E-state index in [-0.39, 0.29) is 12.3 Å². The van der Waals surface area contributed by atoms with Gasteiger partial charge in [-0.15, -0.1) is 0 Å². The summed E-state index contributed by atoms with van der Waals surface area (Å²) >= 11 is 0. The summed E-state index contributed by atoms with van der Waals surface area (Å²) in [4.78, 5) is 12.3. The van der Waals surface area contributed by atoms with E-state index in [1.807, 2.05) is 68.4 Å². The number of aromatic nitrogens is 1. The van der Waals surface area contributed by atoms with Crippen LogP contribution in [0.4, 0.5) is 0 Å². The summed E-state index contributed by atoms with van der Waals surface area (Å²) in [5.41, 5.74) is 3.64. The van der Waals surface area contributed by atoms with Gasteiger partial charge in [0.05, 0.1) is 12.1 Å². The smallest absolute Gasteiger partial charge is 0.224 e. The van der Waals surface area contributed by atoms with Gasteiger partial charge in [-0.25, -0.2) is 0 Å². The number of ether oxygens (including phenoxy) is 1. The molecular formula is C21H22N2O3. The van der Waals surface area contributed by atoms with Crippen LogP contribution >= 0.6 is 0 Å². The normalized spacial score (nSPS) is 10.5. The van der Waals surface area contributed by atoms with E-state index in [2.05, 4.69) is 10.5 Å². The molecule has 5 nitrogen and oxygen atoms in total. The maximum absolute atomic E-state index is 12.3. The second kappa shape index (κ2) is 8.34. The van der Waals surface area contributed by atoms with E-state index in [1.165, 1.54) is 0 Å². The van der Waals surface area contributed by atoms with Crippen LogP contribution in [0.2, 0.25) is 0 Å². The van der Waals surface area contributed by atoms with E-state index in [9.17, 15) is 4.79 Å². The Labute approximate surface area is 153 Å². The number of nitrogens with one attached hydrogen (secondary N) is 1. The zero-order chi connectivity index (χ0) is 18.4. The second-order valence-corrected chi connectivity index (χ2v) is 6.14. The fourth-order valence-corrected chi connectivity index (χ4v) is 2.70. The van der Waals surface area contributed by atoms with Gasteiger partial charge < -0.3 is 14.6 Å². The molecule has 0 bridgehead atoms. The zero-order valence-electron chi connectivity index (χ0n) is 15.0. The highest BCUT2D eigenvalue weighted by molar-refractivity contribution is 5.79. The molecule has 0 fully saturated rings. The predicted molar refractivity (Wildman–Crippen MR) is 98.7 cm³/mol. The SMILES string of the molecule is Cc1noc(C)c1CC(=O)NCc1ccccc1OCc1ccccc1. The molecule has 3 rings (SSSR count). The number of rotatable bonds is 7. The molecule has 1 aromatic heterocycles. The van der Waals surface area contributed by atoms with Crippen molar-refractivity contribution in [2.75, 3.05) is 0 Å². The average Bonchev–Trinajstić information content (AvgIpc) is 2.98. The fraction of sp³-hybridized carbons (Fsp3) is 0.238. The largest absolute Gasteiger partial charge is 0.489 e. The number of aryl methyl sites for hydroxylation is 2. The van der Waals surface area contributed by atoms with Crippen LogP contribution in [-0.4, -0.2) is 11.1 Å². The Morgan fingerprint density at radius 3 is 2.54 bits per heavy atom. The highest BCUT2D eigenvalue weighted by atomic mass is 16.5. The van der Waals surface area contributed by atoms with Crippen molar-refractivity contribution in [1.29, 1.82) is 0 Å². The van der Waals surface area contributed by atoms with Gasteiger partial charge in [-0.2, -0.15) is 0 Å². The lowest BCUT2D eigenvalue weighted by Crippen LogP contribution is -2.25. The van der Waals surface area contributed by atoms with Gasteiger partial charge in [-0.3, -0.25) is 4.79 Å². The minimum atomic E-state index is -0.0720. The number of hydrogen-bond acceptors (Lipinski definition) is 4. The van der Waals surface area contributed by atoms with Crippen LogP contribution in [0.3, 0.4) is 0 Å². The van der Waals surface area contributed by atoms with E-state index in [1.54, 1.807) is 0 Å². The lowest BCUT2D eigenvalue weighted by Gasteiger charge is -2.12. The maximum atomic E-state index is 12.3. The minimum Gasteiger partial charge on any atom is -0.489 e. The summed E-state index contributed by atoms with van der Waals surface area (Å²) in [6.45, 7) is 4.55. The molecule has 1 N–H and O–H groups in total. The first-order valence-electron chi connectivity index (χ1n) is 8.56. The number of benzene rings is 2. The molecule has 1 amide bonds. The quantitative estimate of drug-likeness (QED) is 0.705. The molecule has 2 aromatic carbocycles. The molecule has 0 aliphatic carbocycles. The third-order valence-electron chi connectivity index (χ3n) is 4.20. The summed E-state index contributed by atoms with van der Waals surface area (Å²) in [6, 6.07) is 17.7. The van der Waals surface area contributed by atoms with Gasteiger partial charge in [-0.05, 0) is 25.5 Å². The van der Waals surface area contributed by atoms with Crippen LogP contribution in [-0.2, 0) is 24.4 Å². The van der Waals surface area contributed by atoms with Gasteiger partial charge in [0.25, 0.3) is 0 Å². The Balaban J connectivity index is 1.58. The van der Waals surface area contributed by atoms with Gasteiger partial charge >= 0.3 is 0 Å². The number of para-hydroxylation sites is 1. The molecule has 0 spiro atoms. The van der Waals surface area contributed by atoms with Crippen LogP contribution in [0.1, 0.15) is 28.1 Å². The maximum Gasteiger partial charge on any atom is 0.224 e. The van der Waals surface area contributed by atoms with Gasteiger partial charge in [0.1, 0.15) is 18.1 Å². The molecule has 0 saturated carbocycles. The molecule has 0 aliphatic rings. The molecule has 0 radical (unpaired) electrons. The fourth-order valence-electron chi connectivity index (χ4n) is 2.70. The van der Waals surface area contributed by atoms with Crippen LogP contribution in [0.15, 0.2) is 59.1 Å². The van der Waals surface area contributed by atoms with Gasteiger partial charge in [-0.1, -0.05) is 53.7 Å². The van der Waals surface area contributed by atoms with Crippen LogP contribution in [0.25, 0.3) is 0 Å². The first-order valence-corrected chi connectivity index (χ1v) is 8.56. The number of hydrogen-bond donors (Lipinski definition) is 1. The van der Waals surface area contributed by atoms with Crippen molar-refractivity contribution in [1.82, 2.24) is 10.5 Å².